The first-order chi connectivity index (χ1) is 8.79. The van der Waals surface area contributed by atoms with Gasteiger partial charge in [0.15, 0.2) is 0 Å². The van der Waals surface area contributed by atoms with Crippen LogP contribution in [0.2, 0.25) is 0 Å². The second kappa shape index (κ2) is 6.91. The van der Waals surface area contributed by atoms with Gasteiger partial charge in [-0.15, -0.1) is 0 Å². The van der Waals surface area contributed by atoms with E-state index in [1.807, 2.05) is 0 Å². The minimum absolute atomic E-state index is 0.229. The van der Waals surface area contributed by atoms with E-state index >= 15 is 0 Å². The molecule has 18 heavy (non-hydrogen) atoms. The largest absolute Gasteiger partial charge is 0.396 e. The summed E-state index contributed by atoms with van der Waals surface area (Å²) in [6.45, 7) is 5.10. The van der Waals surface area contributed by atoms with Crippen LogP contribution in [0.1, 0.15) is 71.1 Å². The Bertz CT molecular complexity index is 229. The first-order valence-electron chi connectivity index (χ1n) is 8.14. The molecule has 0 amide bonds. The molecule has 2 heteroatoms. The summed E-state index contributed by atoms with van der Waals surface area (Å²) in [5, 5.41) is 9.92. The van der Waals surface area contributed by atoms with Crippen LogP contribution in [0.3, 0.4) is 0 Å². The van der Waals surface area contributed by atoms with Crippen LogP contribution in [-0.2, 0) is 0 Å². The quantitative estimate of drug-likeness (QED) is 0.701. The van der Waals surface area contributed by atoms with Crippen molar-refractivity contribution >= 4 is 0 Å². The van der Waals surface area contributed by atoms with Gasteiger partial charge in [-0.2, -0.15) is 0 Å². The molecule has 0 unspecified atom stereocenters. The van der Waals surface area contributed by atoms with Crippen LogP contribution in [0.15, 0.2) is 0 Å². The molecule has 0 saturated heterocycles. The van der Waals surface area contributed by atoms with Crippen molar-refractivity contribution in [1.82, 2.24) is 4.90 Å². The van der Waals surface area contributed by atoms with Crippen molar-refractivity contribution in [2.75, 3.05) is 19.7 Å². The van der Waals surface area contributed by atoms with E-state index < -0.39 is 0 Å². The summed E-state index contributed by atoms with van der Waals surface area (Å²) in [5.41, 5.74) is 0.229. The van der Waals surface area contributed by atoms with E-state index in [1.54, 1.807) is 0 Å². The van der Waals surface area contributed by atoms with Gasteiger partial charge >= 0.3 is 0 Å². The number of aliphatic hydroxyl groups is 1. The lowest BCUT2D eigenvalue weighted by atomic mass is 9.80. The Hall–Kier alpha value is -0.0800. The molecule has 2 aliphatic carbocycles. The van der Waals surface area contributed by atoms with Crippen LogP contribution in [-0.4, -0.2) is 35.7 Å². The van der Waals surface area contributed by atoms with E-state index in [9.17, 15) is 5.11 Å². The van der Waals surface area contributed by atoms with Crippen molar-refractivity contribution in [3.63, 3.8) is 0 Å². The van der Waals surface area contributed by atoms with Gasteiger partial charge in [-0.1, -0.05) is 39.0 Å². The molecule has 2 rings (SSSR count). The molecule has 0 spiro atoms. The maximum Gasteiger partial charge on any atom is 0.0499 e. The fourth-order valence-corrected chi connectivity index (χ4v) is 3.47. The van der Waals surface area contributed by atoms with Crippen LogP contribution >= 0.6 is 0 Å². The van der Waals surface area contributed by atoms with Crippen molar-refractivity contribution < 1.29 is 5.11 Å². The van der Waals surface area contributed by atoms with E-state index in [1.165, 1.54) is 70.8 Å². The van der Waals surface area contributed by atoms with Gasteiger partial charge in [0.1, 0.15) is 0 Å². The van der Waals surface area contributed by atoms with Gasteiger partial charge in [0.25, 0.3) is 0 Å². The molecule has 0 radical (unpaired) electrons. The molecule has 2 fully saturated rings. The zero-order valence-electron chi connectivity index (χ0n) is 12.2. The van der Waals surface area contributed by atoms with Gasteiger partial charge in [-0.25, -0.2) is 0 Å². The lowest BCUT2D eigenvalue weighted by Crippen LogP contribution is -2.41. The Balaban J connectivity index is 1.92. The number of nitrogens with zero attached hydrogens (tertiary/aromatic N) is 1. The van der Waals surface area contributed by atoms with E-state index in [0.29, 0.717) is 6.61 Å². The SMILES string of the molecule is CCCCN(CC1(CO)CCCCCC1)C1CC1. The van der Waals surface area contributed by atoms with Gasteiger partial charge in [0.05, 0.1) is 0 Å². The summed E-state index contributed by atoms with van der Waals surface area (Å²) < 4.78 is 0. The van der Waals surface area contributed by atoms with Crippen LogP contribution < -0.4 is 0 Å². The van der Waals surface area contributed by atoms with Gasteiger partial charge < -0.3 is 5.11 Å². The van der Waals surface area contributed by atoms with Crippen LogP contribution in [0.25, 0.3) is 0 Å². The highest BCUT2D eigenvalue weighted by atomic mass is 16.3. The molecular formula is C16H31NO. The fourth-order valence-electron chi connectivity index (χ4n) is 3.47. The summed E-state index contributed by atoms with van der Waals surface area (Å²) in [6, 6.07) is 0.850. The zero-order valence-corrected chi connectivity index (χ0v) is 12.2. The monoisotopic (exact) mass is 253 g/mol. The normalized spacial score (nSPS) is 24.2. The minimum atomic E-state index is 0.229. The number of hydrogen-bond acceptors (Lipinski definition) is 2. The van der Waals surface area contributed by atoms with E-state index in [2.05, 4.69) is 11.8 Å². The second-order valence-corrected chi connectivity index (χ2v) is 6.63. The number of unbranched alkanes of at least 4 members (excludes halogenated alkanes) is 1. The smallest absolute Gasteiger partial charge is 0.0499 e. The first kappa shape index (κ1) is 14.3. The van der Waals surface area contributed by atoms with Crippen LogP contribution in [0.4, 0.5) is 0 Å². The topological polar surface area (TPSA) is 23.5 Å². The summed E-state index contributed by atoms with van der Waals surface area (Å²) in [7, 11) is 0. The third-order valence-electron chi connectivity index (χ3n) is 4.90. The average molecular weight is 253 g/mol. The average Bonchev–Trinajstić information content (AvgIpc) is 3.21. The molecule has 106 valence electrons. The predicted molar refractivity (Wildman–Crippen MR) is 76.7 cm³/mol. The first-order valence-corrected chi connectivity index (χ1v) is 8.14. The minimum Gasteiger partial charge on any atom is -0.396 e. The Morgan fingerprint density at radius 3 is 2.28 bits per heavy atom. The number of aliphatic hydroxyl groups excluding tert-OH is 1. The molecule has 0 aromatic carbocycles. The maximum absolute atomic E-state index is 9.92. The van der Waals surface area contributed by atoms with Crippen molar-refractivity contribution in [2.24, 2.45) is 5.41 Å². The Kier molecular flexibility index (Phi) is 5.50. The standard InChI is InChI=1S/C16H31NO/c1-2-3-12-17(15-8-9-15)13-16(14-18)10-6-4-5-7-11-16/h15,18H,2-14H2,1H3. The molecule has 0 bridgehead atoms. The van der Waals surface area contributed by atoms with Gasteiger partial charge in [0, 0.05) is 24.6 Å². The molecule has 0 aromatic rings. The van der Waals surface area contributed by atoms with Crippen molar-refractivity contribution in [3.8, 4) is 0 Å². The van der Waals surface area contributed by atoms with E-state index in [4.69, 9.17) is 0 Å². The summed E-state index contributed by atoms with van der Waals surface area (Å²) in [5.74, 6) is 0. The predicted octanol–water partition coefficient (Wildman–Crippen LogP) is 3.58. The zero-order chi connectivity index (χ0) is 12.8. The summed E-state index contributed by atoms with van der Waals surface area (Å²) >= 11 is 0. The molecule has 0 heterocycles. The third kappa shape index (κ3) is 3.96. The van der Waals surface area contributed by atoms with Crippen LogP contribution in [0, 0.1) is 5.41 Å². The Morgan fingerprint density at radius 2 is 1.78 bits per heavy atom. The fraction of sp³-hybridized carbons (Fsp3) is 1.00. The van der Waals surface area contributed by atoms with E-state index in [-0.39, 0.29) is 5.41 Å². The second-order valence-electron chi connectivity index (χ2n) is 6.63. The number of rotatable bonds is 7. The van der Waals surface area contributed by atoms with Crippen molar-refractivity contribution in [3.05, 3.63) is 0 Å². The highest BCUT2D eigenvalue weighted by molar-refractivity contribution is 4.91. The molecular weight excluding hydrogens is 222 g/mol. The summed E-state index contributed by atoms with van der Waals surface area (Å²) in [6.07, 6.45) is 13.3. The molecule has 0 aliphatic heterocycles. The molecule has 2 nitrogen and oxygen atoms in total. The highest BCUT2D eigenvalue weighted by Crippen LogP contribution is 2.38. The van der Waals surface area contributed by atoms with Gasteiger partial charge in [-0.3, -0.25) is 4.90 Å². The molecule has 0 atom stereocenters. The van der Waals surface area contributed by atoms with Crippen molar-refractivity contribution in [1.29, 1.82) is 0 Å². The molecule has 1 N–H and O–H groups in total. The summed E-state index contributed by atoms with van der Waals surface area (Å²) in [4.78, 5) is 2.70. The van der Waals surface area contributed by atoms with Gasteiger partial charge in [-0.05, 0) is 38.6 Å². The third-order valence-corrected chi connectivity index (χ3v) is 4.90. The maximum atomic E-state index is 9.92. The van der Waals surface area contributed by atoms with E-state index in [0.717, 1.165) is 12.6 Å². The Morgan fingerprint density at radius 1 is 1.11 bits per heavy atom. The lowest BCUT2D eigenvalue weighted by Gasteiger charge is -2.37. The molecule has 2 aliphatic rings. The lowest BCUT2D eigenvalue weighted by molar-refractivity contribution is 0.0554. The highest BCUT2D eigenvalue weighted by Gasteiger charge is 2.37. The van der Waals surface area contributed by atoms with Crippen molar-refractivity contribution in [2.45, 2.75) is 77.2 Å². The van der Waals surface area contributed by atoms with Crippen LogP contribution in [0.5, 0.6) is 0 Å². The molecule has 2 saturated carbocycles. The number of hydrogen-bond donors (Lipinski definition) is 1. The molecule has 0 aromatic heterocycles. The van der Waals surface area contributed by atoms with Gasteiger partial charge in [0.2, 0.25) is 0 Å². The Labute approximate surface area is 113 Å².